The minimum Gasteiger partial charge on any atom is -0.496 e. The normalized spacial score (nSPS) is 10.3. The first-order valence-electron chi connectivity index (χ1n) is 6.65. The van der Waals surface area contributed by atoms with Gasteiger partial charge < -0.3 is 15.8 Å². The van der Waals surface area contributed by atoms with Crippen molar-refractivity contribution < 1.29 is 9.53 Å². The van der Waals surface area contributed by atoms with Gasteiger partial charge >= 0.3 is 0 Å². The van der Waals surface area contributed by atoms with Crippen molar-refractivity contribution in [3.05, 3.63) is 34.8 Å². The molecule has 1 aromatic heterocycles. The number of nitrogen functional groups attached to an aromatic ring is 1. The third kappa shape index (κ3) is 4.71. The summed E-state index contributed by atoms with van der Waals surface area (Å²) in [5.74, 6) is 0.827. The molecule has 7 heteroatoms. The molecule has 0 unspecified atom stereocenters. The minimum absolute atomic E-state index is 0.0124. The van der Waals surface area contributed by atoms with Crippen LogP contribution in [-0.2, 0) is 17.6 Å². The minimum atomic E-state index is 0.0124. The first kappa shape index (κ1) is 15.2. The van der Waals surface area contributed by atoms with Crippen LogP contribution in [0, 0.1) is 0 Å². The molecule has 21 heavy (non-hydrogen) atoms. The zero-order valence-electron chi connectivity index (χ0n) is 11.8. The summed E-state index contributed by atoms with van der Waals surface area (Å²) in [6.07, 6.45) is 1.73. The fourth-order valence-corrected chi connectivity index (χ4v) is 2.53. The van der Waals surface area contributed by atoms with Gasteiger partial charge in [-0.25, -0.2) is 0 Å². The van der Waals surface area contributed by atoms with Crippen LogP contribution in [0.25, 0.3) is 0 Å². The molecule has 0 radical (unpaired) electrons. The van der Waals surface area contributed by atoms with E-state index in [1.165, 1.54) is 11.3 Å². The highest BCUT2D eigenvalue weighted by Gasteiger charge is 2.07. The molecule has 2 rings (SSSR count). The molecule has 0 saturated carbocycles. The number of anilines is 1. The number of methoxy groups -OCH3 is 1. The summed E-state index contributed by atoms with van der Waals surface area (Å²) < 4.78 is 5.26. The van der Waals surface area contributed by atoms with Crippen LogP contribution in [0.1, 0.15) is 17.0 Å². The Bertz CT molecular complexity index is 600. The van der Waals surface area contributed by atoms with Crippen LogP contribution in [0.2, 0.25) is 0 Å². The number of ether oxygens (including phenoxy) is 1. The standard InChI is InChI=1S/C14H18N4O2S/c1-20-11-5-3-2-4-10(11)6-7-12(19)16-9-8-13-17-18-14(15)21-13/h2-5H,6-9H2,1H3,(H2,15,18)(H,16,19). The molecule has 6 nitrogen and oxygen atoms in total. The molecule has 1 heterocycles. The molecule has 0 atom stereocenters. The van der Waals surface area contributed by atoms with Crippen LogP contribution in [0.3, 0.4) is 0 Å². The van der Waals surface area contributed by atoms with Crippen LogP contribution in [-0.4, -0.2) is 29.8 Å². The number of carbonyl (C=O) groups excluding carboxylic acids is 1. The molecular formula is C14H18N4O2S. The number of amides is 1. The highest BCUT2D eigenvalue weighted by atomic mass is 32.1. The Morgan fingerprint density at radius 1 is 1.33 bits per heavy atom. The Morgan fingerprint density at radius 3 is 2.86 bits per heavy atom. The molecule has 3 N–H and O–H groups in total. The zero-order chi connectivity index (χ0) is 15.1. The molecule has 2 aromatic rings. The fourth-order valence-electron chi connectivity index (χ4n) is 1.92. The molecule has 0 spiro atoms. The van der Waals surface area contributed by atoms with Crippen molar-refractivity contribution in [1.82, 2.24) is 15.5 Å². The van der Waals surface area contributed by atoms with Gasteiger partial charge in [-0.15, -0.1) is 10.2 Å². The maximum atomic E-state index is 11.8. The fraction of sp³-hybridized carbons (Fsp3) is 0.357. The maximum absolute atomic E-state index is 11.8. The van der Waals surface area contributed by atoms with Crippen LogP contribution in [0.4, 0.5) is 5.13 Å². The molecule has 1 amide bonds. The van der Waals surface area contributed by atoms with Gasteiger partial charge in [-0.05, 0) is 18.1 Å². The quantitative estimate of drug-likeness (QED) is 0.807. The summed E-state index contributed by atoms with van der Waals surface area (Å²) >= 11 is 1.34. The lowest BCUT2D eigenvalue weighted by Gasteiger charge is -2.08. The van der Waals surface area contributed by atoms with Crippen LogP contribution < -0.4 is 15.8 Å². The zero-order valence-corrected chi connectivity index (χ0v) is 12.7. The molecule has 0 saturated heterocycles. The number of carbonyl (C=O) groups is 1. The van der Waals surface area contributed by atoms with E-state index in [-0.39, 0.29) is 5.91 Å². The van der Waals surface area contributed by atoms with E-state index in [1.54, 1.807) is 7.11 Å². The van der Waals surface area contributed by atoms with E-state index in [0.717, 1.165) is 16.3 Å². The van der Waals surface area contributed by atoms with Gasteiger partial charge in [0.1, 0.15) is 10.8 Å². The lowest BCUT2D eigenvalue weighted by atomic mass is 10.1. The average Bonchev–Trinajstić information content (AvgIpc) is 2.91. The van der Waals surface area contributed by atoms with E-state index in [1.807, 2.05) is 24.3 Å². The third-order valence-corrected chi connectivity index (χ3v) is 3.77. The number of hydrogen-bond donors (Lipinski definition) is 2. The van der Waals surface area contributed by atoms with E-state index in [2.05, 4.69) is 15.5 Å². The lowest BCUT2D eigenvalue weighted by molar-refractivity contribution is -0.121. The van der Waals surface area contributed by atoms with Gasteiger partial charge in [0.05, 0.1) is 7.11 Å². The smallest absolute Gasteiger partial charge is 0.220 e. The van der Waals surface area contributed by atoms with Crippen LogP contribution >= 0.6 is 11.3 Å². The highest BCUT2D eigenvalue weighted by molar-refractivity contribution is 7.15. The highest BCUT2D eigenvalue weighted by Crippen LogP contribution is 2.18. The van der Waals surface area contributed by atoms with E-state index >= 15 is 0 Å². The molecule has 0 bridgehead atoms. The number of benzene rings is 1. The number of para-hydroxylation sites is 1. The molecule has 0 aliphatic heterocycles. The number of aromatic nitrogens is 2. The second-order valence-electron chi connectivity index (χ2n) is 4.45. The van der Waals surface area contributed by atoms with Crippen molar-refractivity contribution in [1.29, 1.82) is 0 Å². The van der Waals surface area contributed by atoms with Gasteiger partial charge in [-0.3, -0.25) is 4.79 Å². The SMILES string of the molecule is COc1ccccc1CCC(=O)NCCc1nnc(N)s1. The Labute approximate surface area is 127 Å². The number of nitrogens with one attached hydrogen (secondary N) is 1. The van der Waals surface area contributed by atoms with Crippen molar-refractivity contribution in [3.63, 3.8) is 0 Å². The second-order valence-corrected chi connectivity index (χ2v) is 5.54. The van der Waals surface area contributed by atoms with E-state index in [0.29, 0.717) is 30.9 Å². The van der Waals surface area contributed by atoms with Gasteiger partial charge in [0.25, 0.3) is 0 Å². The van der Waals surface area contributed by atoms with E-state index < -0.39 is 0 Å². The number of nitrogens with zero attached hydrogens (tertiary/aromatic N) is 2. The van der Waals surface area contributed by atoms with Crippen molar-refractivity contribution in [2.24, 2.45) is 0 Å². The van der Waals surface area contributed by atoms with Crippen LogP contribution in [0.5, 0.6) is 5.75 Å². The number of aryl methyl sites for hydroxylation is 1. The van der Waals surface area contributed by atoms with Crippen molar-refractivity contribution >= 4 is 22.4 Å². The van der Waals surface area contributed by atoms with E-state index in [9.17, 15) is 4.79 Å². The van der Waals surface area contributed by atoms with Gasteiger partial charge in [0.15, 0.2) is 0 Å². The summed E-state index contributed by atoms with van der Waals surface area (Å²) in [6, 6.07) is 7.72. The topological polar surface area (TPSA) is 90.1 Å². The molecule has 112 valence electrons. The van der Waals surface area contributed by atoms with E-state index in [4.69, 9.17) is 10.5 Å². The number of rotatable bonds is 7. The first-order chi connectivity index (χ1) is 10.2. The molecule has 0 fully saturated rings. The summed E-state index contributed by atoms with van der Waals surface area (Å²) in [5.41, 5.74) is 6.53. The van der Waals surface area contributed by atoms with Gasteiger partial charge in [0.2, 0.25) is 11.0 Å². The average molecular weight is 306 g/mol. The maximum Gasteiger partial charge on any atom is 0.220 e. The Morgan fingerprint density at radius 2 is 2.14 bits per heavy atom. The number of hydrogen-bond acceptors (Lipinski definition) is 6. The molecule has 0 aliphatic carbocycles. The predicted molar refractivity (Wildman–Crippen MR) is 82.4 cm³/mol. The summed E-state index contributed by atoms with van der Waals surface area (Å²) in [5, 5.41) is 11.8. The lowest BCUT2D eigenvalue weighted by Crippen LogP contribution is -2.25. The van der Waals surface area contributed by atoms with Crippen LogP contribution in [0.15, 0.2) is 24.3 Å². The second kappa shape index (κ2) is 7.58. The Hall–Kier alpha value is -2.15. The van der Waals surface area contributed by atoms with Gasteiger partial charge in [0, 0.05) is 19.4 Å². The molecule has 0 aliphatic rings. The third-order valence-electron chi connectivity index (χ3n) is 2.96. The summed E-state index contributed by atoms with van der Waals surface area (Å²) in [4.78, 5) is 11.8. The molecule has 1 aromatic carbocycles. The number of nitrogens with two attached hydrogens (primary N) is 1. The van der Waals surface area contributed by atoms with Crippen molar-refractivity contribution in [2.45, 2.75) is 19.3 Å². The monoisotopic (exact) mass is 306 g/mol. The largest absolute Gasteiger partial charge is 0.496 e. The van der Waals surface area contributed by atoms with Gasteiger partial charge in [-0.2, -0.15) is 0 Å². The Kier molecular flexibility index (Phi) is 5.51. The first-order valence-corrected chi connectivity index (χ1v) is 7.47. The summed E-state index contributed by atoms with van der Waals surface area (Å²) in [6.45, 7) is 0.541. The predicted octanol–water partition coefficient (Wildman–Crippen LogP) is 1.42. The van der Waals surface area contributed by atoms with Gasteiger partial charge in [-0.1, -0.05) is 29.5 Å². The van der Waals surface area contributed by atoms with Crippen molar-refractivity contribution in [2.75, 3.05) is 19.4 Å². The summed E-state index contributed by atoms with van der Waals surface area (Å²) in [7, 11) is 1.63. The Balaban J connectivity index is 1.72. The van der Waals surface area contributed by atoms with Crippen molar-refractivity contribution in [3.8, 4) is 5.75 Å². The molecular weight excluding hydrogens is 288 g/mol.